The van der Waals surface area contributed by atoms with Crippen molar-refractivity contribution in [1.29, 1.82) is 0 Å². The summed E-state index contributed by atoms with van der Waals surface area (Å²) in [6.45, 7) is 0. The molecular formula is C26H24N2O6. The molecule has 8 nitrogen and oxygen atoms in total. The third kappa shape index (κ3) is 4.80. The number of ether oxygens (including phenoxy) is 2. The minimum absolute atomic E-state index is 0.129. The second-order valence-electron chi connectivity index (χ2n) is 7.89. The first-order valence-corrected chi connectivity index (χ1v) is 10.5. The second-order valence-corrected chi connectivity index (χ2v) is 7.89. The molecule has 0 amide bonds. The van der Waals surface area contributed by atoms with Crippen LogP contribution in [0.25, 0.3) is 11.1 Å². The molecule has 0 fully saturated rings. The van der Waals surface area contributed by atoms with E-state index < -0.39 is 11.9 Å². The number of anilines is 2. The van der Waals surface area contributed by atoms with Gasteiger partial charge >= 0.3 is 11.9 Å². The Labute approximate surface area is 196 Å². The zero-order valence-corrected chi connectivity index (χ0v) is 19.3. The molecule has 8 heteroatoms. The average molecular weight is 460 g/mol. The molecule has 0 saturated carbocycles. The summed E-state index contributed by atoms with van der Waals surface area (Å²) in [6, 6.07) is 17.4. The monoisotopic (exact) mass is 460 g/mol. The summed E-state index contributed by atoms with van der Waals surface area (Å²) in [7, 11) is 7.47. The van der Waals surface area contributed by atoms with Gasteiger partial charge in [-0.3, -0.25) is 0 Å². The highest BCUT2D eigenvalue weighted by molar-refractivity contribution is 5.90. The van der Waals surface area contributed by atoms with E-state index >= 15 is 0 Å². The van der Waals surface area contributed by atoms with Gasteiger partial charge in [0.2, 0.25) is 11.5 Å². The minimum atomic E-state index is -0.571. The topological polar surface area (TPSA) is 85.4 Å². The molecule has 0 bridgehead atoms. The molecule has 2 aromatic carbocycles. The number of benzene rings is 2. The van der Waals surface area contributed by atoms with Crippen LogP contribution < -0.4 is 19.3 Å². The summed E-state index contributed by atoms with van der Waals surface area (Å²) in [6.07, 6.45) is 2.84. The Bertz CT molecular complexity index is 1190. The fraction of sp³-hybridized carbons (Fsp3) is 0.154. The highest BCUT2D eigenvalue weighted by Gasteiger charge is 2.18. The molecule has 0 aliphatic heterocycles. The van der Waals surface area contributed by atoms with Gasteiger partial charge in [-0.05, 0) is 59.7 Å². The van der Waals surface area contributed by atoms with Crippen LogP contribution in [0.3, 0.4) is 0 Å². The van der Waals surface area contributed by atoms with Crippen molar-refractivity contribution < 1.29 is 27.9 Å². The highest BCUT2D eigenvalue weighted by atomic mass is 16.6. The van der Waals surface area contributed by atoms with Gasteiger partial charge in [0.05, 0.1) is 23.9 Å². The summed E-state index contributed by atoms with van der Waals surface area (Å²) in [5.41, 5.74) is 3.23. The fourth-order valence-electron chi connectivity index (χ4n) is 3.36. The lowest BCUT2D eigenvalue weighted by molar-refractivity contribution is 0.0693. The number of hydrogen-bond acceptors (Lipinski definition) is 8. The molecule has 2 heterocycles. The van der Waals surface area contributed by atoms with Crippen molar-refractivity contribution >= 4 is 23.3 Å². The highest BCUT2D eigenvalue weighted by Crippen LogP contribution is 2.37. The third-order valence-electron chi connectivity index (χ3n) is 5.06. The van der Waals surface area contributed by atoms with Crippen LogP contribution in [0.2, 0.25) is 0 Å². The largest absolute Gasteiger partial charge is 0.457 e. The summed E-state index contributed by atoms with van der Waals surface area (Å²) in [4.78, 5) is 28.4. The minimum Gasteiger partial charge on any atom is -0.457 e. The normalized spacial score (nSPS) is 10.6. The van der Waals surface area contributed by atoms with Crippen LogP contribution in [-0.4, -0.2) is 40.1 Å². The van der Waals surface area contributed by atoms with Crippen LogP contribution in [0.15, 0.2) is 82.0 Å². The number of nitrogens with zero attached hydrogens (tertiary/aromatic N) is 2. The van der Waals surface area contributed by atoms with Crippen LogP contribution in [-0.2, 0) is 0 Å². The summed E-state index contributed by atoms with van der Waals surface area (Å²) in [5, 5.41) is 0. The number of carbonyl (C=O) groups excluding carboxylic acids is 2. The van der Waals surface area contributed by atoms with E-state index in [1.54, 1.807) is 36.4 Å². The molecule has 0 aliphatic rings. The van der Waals surface area contributed by atoms with E-state index in [1.165, 1.54) is 12.5 Å². The van der Waals surface area contributed by atoms with Gasteiger partial charge in [-0.25, -0.2) is 9.59 Å². The number of rotatable bonds is 7. The molecule has 34 heavy (non-hydrogen) atoms. The van der Waals surface area contributed by atoms with Crippen LogP contribution in [0.4, 0.5) is 11.4 Å². The van der Waals surface area contributed by atoms with Gasteiger partial charge in [0.1, 0.15) is 0 Å². The van der Waals surface area contributed by atoms with Gasteiger partial charge in [-0.15, -0.1) is 0 Å². The van der Waals surface area contributed by atoms with E-state index in [-0.39, 0.29) is 11.5 Å². The van der Waals surface area contributed by atoms with E-state index in [1.807, 2.05) is 62.3 Å². The van der Waals surface area contributed by atoms with Gasteiger partial charge in [0.25, 0.3) is 0 Å². The first-order chi connectivity index (χ1) is 16.3. The number of carbonyl (C=O) groups is 2. The Morgan fingerprint density at radius 2 is 1.06 bits per heavy atom. The van der Waals surface area contributed by atoms with Gasteiger partial charge < -0.3 is 28.1 Å². The molecule has 0 spiro atoms. The van der Waals surface area contributed by atoms with Crippen LogP contribution in [0.1, 0.15) is 21.1 Å². The maximum atomic E-state index is 12.3. The van der Waals surface area contributed by atoms with Crippen molar-refractivity contribution in [3.63, 3.8) is 0 Å². The predicted octanol–water partition coefficient (Wildman–Crippen LogP) is 5.11. The lowest BCUT2D eigenvalue weighted by atomic mass is 10.0. The van der Waals surface area contributed by atoms with E-state index in [9.17, 15) is 9.59 Å². The first kappa shape index (κ1) is 22.7. The van der Waals surface area contributed by atoms with Crippen molar-refractivity contribution in [3.05, 3.63) is 84.7 Å². The predicted molar refractivity (Wildman–Crippen MR) is 128 cm³/mol. The van der Waals surface area contributed by atoms with Crippen molar-refractivity contribution in [2.45, 2.75) is 0 Å². The van der Waals surface area contributed by atoms with Crippen molar-refractivity contribution in [2.24, 2.45) is 0 Å². The van der Waals surface area contributed by atoms with Gasteiger partial charge in [-0.1, -0.05) is 12.1 Å². The Kier molecular flexibility index (Phi) is 6.40. The first-order valence-electron chi connectivity index (χ1n) is 10.5. The second kappa shape index (κ2) is 9.58. The van der Waals surface area contributed by atoms with Gasteiger partial charge in [0, 0.05) is 28.2 Å². The zero-order chi connectivity index (χ0) is 24.2. The summed E-state index contributed by atoms with van der Waals surface area (Å²) in [5.74, 6) is -0.0657. The third-order valence-corrected chi connectivity index (χ3v) is 5.06. The van der Waals surface area contributed by atoms with E-state index in [2.05, 4.69) is 0 Å². The van der Waals surface area contributed by atoms with Crippen LogP contribution in [0.5, 0.6) is 11.5 Å². The molecule has 0 saturated heterocycles. The Morgan fingerprint density at radius 3 is 1.38 bits per heavy atom. The number of furan rings is 2. The summed E-state index contributed by atoms with van der Waals surface area (Å²) >= 11 is 0. The maximum Gasteiger partial charge on any atom is 0.379 e. The average Bonchev–Trinajstić information content (AvgIpc) is 3.54. The molecule has 0 radical (unpaired) electrons. The Hall–Kier alpha value is -4.46. The fourth-order valence-corrected chi connectivity index (χ4v) is 3.36. The van der Waals surface area contributed by atoms with Crippen molar-refractivity contribution in [2.75, 3.05) is 38.0 Å². The maximum absolute atomic E-state index is 12.3. The van der Waals surface area contributed by atoms with Crippen molar-refractivity contribution in [1.82, 2.24) is 0 Å². The SMILES string of the molecule is CN(C)c1cc(-c2ccc(OC(=O)c3ccco3)c(N(C)C)c2)ccc1OC(=O)c1ccco1. The van der Waals surface area contributed by atoms with Gasteiger partial charge in [-0.2, -0.15) is 0 Å². The molecule has 174 valence electrons. The standard InChI is InChI=1S/C26H24N2O6/c1-27(2)19-15-17(9-11-21(19)33-25(29)23-7-5-13-31-23)18-10-12-22(20(16-18)28(3)4)34-26(30)24-8-6-14-32-24/h5-16H,1-4H3. The molecule has 0 unspecified atom stereocenters. The molecule has 4 aromatic rings. The van der Waals surface area contributed by atoms with Crippen LogP contribution >= 0.6 is 0 Å². The number of hydrogen-bond donors (Lipinski definition) is 0. The van der Waals surface area contributed by atoms with Gasteiger partial charge in [0.15, 0.2) is 11.5 Å². The molecule has 4 rings (SSSR count). The van der Waals surface area contributed by atoms with E-state index in [0.717, 1.165) is 22.5 Å². The Balaban J connectivity index is 1.64. The quantitative estimate of drug-likeness (QED) is 0.278. The Morgan fingerprint density at radius 1 is 0.647 bits per heavy atom. The smallest absolute Gasteiger partial charge is 0.379 e. The number of esters is 2. The lowest BCUT2D eigenvalue weighted by Gasteiger charge is -2.20. The van der Waals surface area contributed by atoms with E-state index in [0.29, 0.717) is 11.5 Å². The molecule has 2 aromatic heterocycles. The molecule has 0 atom stereocenters. The molecule has 0 N–H and O–H groups in total. The molecular weight excluding hydrogens is 436 g/mol. The van der Waals surface area contributed by atoms with Crippen LogP contribution in [0, 0.1) is 0 Å². The van der Waals surface area contributed by atoms with E-state index in [4.69, 9.17) is 18.3 Å². The lowest BCUT2D eigenvalue weighted by Crippen LogP contribution is -2.14. The molecule has 0 aliphatic carbocycles. The zero-order valence-electron chi connectivity index (χ0n) is 19.3. The van der Waals surface area contributed by atoms with Crippen molar-refractivity contribution in [3.8, 4) is 22.6 Å². The summed E-state index contributed by atoms with van der Waals surface area (Å²) < 4.78 is 21.4.